The maximum atomic E-state index is 5.99. The molecule has 2 unspecified atom stereocenters. The molecule has 0 aromatic carbocycles. The molecule has 4 heterocycles. The Morgan fingerprint density at radius 2 is 1.72 bits per heavy atom. The Bertz CT molecular complexity index is 816. The summed E-state index contributed by atoms with van der Waals surface area (Å²) in [4.78, 5) is 10.9. The quantitative estimate of drug-likeness (QED) is 0.286. The van der Waals surface area contributed by atoms with Crippen LogP contribution in [0.3, 0.4) is 0 Å². The minimum absolute atomic E-state index is 0. The number of hydrogen-bond acceptors (Lipinski definition) is 6. The topological polar surface area (TPSA) is 65.3 Å². The Kier molecular flexibility index (Phi) is 10.3. The van der Waals surface area contributed by atoms with E-state index in [2.05, 4.69) is 49.0 Å². The normalized spacial score (nSPS) is 20.0. The molecule has 178 valence electrons. The molecule has 0 radical (unpaired) electrons. The van der Waals surface area contributed by atoms with E-state index in [4.69, 9.17) is 9.15 Å². The molecule has 2 fully saturated rings. The number of nitrogens with one attached hydrogen (secondary N) is 2. The highest BCUT2D eigenvalue weighted by atomic mass is 127. The molecule has 0 aliphatic carbocycles. The van der Waals surface area contributed by atoms with Crippen molar-refractivity contribution >= 4 is 41.3 Å². The van der Waals surface area contributed by atoms with Crippen LogP contribution in [0.1, 0.15) is 41.3 Å². The van der Waals surface area contributed by atoms with Gasteiger partial charge in [-0.3, -0.25) is 14.8 Å². The fraction of sp³-hybridized carbons (Fsp3) is 0.609. The lowest BCUT2D eigenvalue weighted by molar-refractivity contribution is 0.0124. The third-order valence-electron chi connectivity index (χ3n) is 6.18. The monoisotopic (exact) mass is 573 g/mol. The summed E-state index contributed by atoms with van der Waals surface area (Å²) in [5.41, 5.74) is 0. The molecule has 2 aromatic rings. The zero-order valence-corrected chi connectivity index (χ0v) is 22.2. The highest BCUT2D eigenvalue weighted by Crippen LogP contribution is 2.28. The van der Waals surface area contributed by atoms with E-state index in [-0.39, 0.29) is 30.0 Å². The predicted molar refractivity (Wildman–Crippen MR) is 141 cm³/mol. The number of guanidine groups is 1. The Labute approximate surface area is 212 Å². The first-order chi connectivity index (χ1) is 15.2. The van der Waals surface area contributed by atoms with Crippen LogP contribution in [0.15, 0.2) is 39.1 Å². The van der Waals surface area contributed by atoms with Gasteiger partial charge in [0.25, 0.3) is 0 Å². The van der Waals surface area contributed by atoms with E-state index in [1.807, 2.05) is 31.4 Å². The zero-order chi connectivity index (χ0) is 21.5. The van der Waals surface area contributed by atoms with Crippen molar-refractivity contribution in [2.45, 2.75) is 31.8 Å². The summed E-state index contributed by atoms with van der Waals surface area (Å²) in [5.74, 6) is 2.78. The van der Waals surface area contributed by atoms with Gasteiger partial charge >= 0.3 is 0 Å². The van der Waals surface area contributed by atoms with Gasteiger partial charge in [0.15, 0.2) is 5.96 Å². The van der Waals surface area contributed by atoms with E-state index in [9.17, 15) is 0 Å². The van der Waals surface area contributed by atoms with Crippen LogP contribution < -0.4 is 10.6 Å². The molecule has 0 amide bonds. The largest absolute Gasteiger partial charge is 0.465 e. The predicted octanol–water partition coefficient (Wildman–Crippen LogP) is 3.64. The highest BCUT2D eigenvalue weighted by molar-refractivity contribution is 14.0. The van der Waals surface area contributed by atoms with E-state index in [0.29, 0.717) is 6.04 Å². The van der Waals surface area contributed by atoms with Gasteiger partial charge in [0.2, 0.25) is 0 Å². The van der Waals surface area contributed by atoms with Crippen LogP contribution in [-0.4, -0.2) is 75.3 Å². The Morgan fingerprint density at radius 1 is 1.03 bits per heavy atom. The standard InChI is InChI=1S/C23H35N5O2S.HI/c1-18-7-8-21(30-18)19(28-11-13-29-14-12-28)16-25-23(24-2)26-17-20(22-6-5-15-31-22)27-9-3-4-10-27;/h5-8,15,19-20H,3-4,9-14,16-17H2,1-2H3,(H2,24,25,26);1H. The van der Waals surface area contributed by atoms with Gasteiger partial charge in [-0.15, -0.1) is 35.3 Å². The van der Waals surface area contributed by atoms with Crippen molar-refractivity contribution in [1.82, 2.24) is 20.4 Å². The van der Waals surface area contributed by atoms with Crippen molar-refractivity contribution in [3.05, 3.63) is 46.0 Å². The Hall–Kier alpha value is -1.14. The molecule has 2 atom stereocenters. The van der Waals surface area contributed by atoms with E-state index in [1.165, 1.54) is 30.8 Å². The number of thiophene rings is 1. The number of furan rings is 1. The van der Waals surface area contributed by atoms with E-state index in [1.54, 1.807) is 0 Å². The van der Waals surface area contributed by atoms with Gasteiger partial charge in [-0.2, -0.15) is 0 Å². The molecule has 2 aromatic heterocycles. The molecule has 32 heavy (non-hydrogen) atoms. The maximum absolute atomic E-state index is 5.99. The van der Waals surface area contributed by atoms with Crippen molar-refractivity contribution in [3.8, 4) is 0 Å². The summed E-state index contributed by atoms with van der Waals surface area (Å²) < 4.78 is 11.5. The van der Waals surface area contributed by atoms with Gasteiger partial charge in [-0.1, -0.05) is 6.07 Å². The molecule has 4 rings (SSSR count). The third kappa shape index (κ3) is 6.69. The second kappa shape index (κ2) is 12.9. The van der Waals surface area contributed by atoms with E-state index < -0.39 is 0 Å². The summed E-state index contributed by atoms with van der Waals surface area (Å²) in [5, 5.41) is 9.30. The number of hydrogen-bond donors (Lipinski definition) is 2. The van der Waals surface area contributed by atoms with Crippen LogP contribution in [0.5, 0.6) is 0 Å². The highest BCUT2D eigenvalue weighted by Gasteiger charge is 2.27. The molecule has 0 spiro atoms. The second-order valence-corrected chi connectivity index (χ2v) is 9.20. The summed E-state index contributed by atoms with van der Waals surface area (Å²) in [6.07, 6.45) is 2.58. The van der Waals surface area contributed by atoms with Crippen LogP contribution >= 0.6 is 35.3 Å². The molecule has 2 aliphatic rings. The molecule has 0 bridgehead atoms. The molecular formula is C23H36IN5O2S. The van der Waals surface area contributed by atoms with Crippen molar-refractivity contribution in [2.24, 2.45) is 4.99 Å². The summed E-state index contributed by atoms with van der Waals surface area (Å²) in [6.45, 7) is 9.28. The SMILES string of the molecule is CN=C(NCC(c1ccc(C)o1)N1CCOCC1)NCC(c1cccs1)N1CCCC1.I. The van der Waals surface area contributed by atoms with Crippen LogP contribution in [0.4, 0.5) is 0 Å². The van der Waals surface area contributed by atoms with Crippen LogP contribution in [0.25, 0.3) is 0 Å². The zero-order valence-electron chi connectivity index (χ0n) is 19.1. The first-order valence-electron chi connectivity index (χ1n) is 11.3. The second-order valence-electron chi connectivity index (χ2n) is 8.22. The smallest absolute Gasteiger partial charge is 0.191 e. The minimum Gasteiger partial charge on any atom is -0.465 e. The average molecular weight is 574 g/mol. The van der Waals surface area contributed by atoms with Gasteiger partial charge < -0.3 is 19.8 Å². The van der Waals surface area contributed by atoms with Crippen LogP contribution in [0.2, 0.25) is 0 Å². The van der Waals surface area contributed by atoms with Gasteiger partial charge in [-0.05, 0) is 56.4 Å². The number of rotatable bonds is 8. The summed E-state index contributed by atoms with van der Waals surface area (Å²) in [6, 6.07) is 9.07. The number of aliphatic imine (C=N–C) groups is 1. The lowest BCUT2D eigenvalue weighted by Gasteiger charge is -2.34. The Balaban J connectivity index is 0.00000289. The molecule has 2 N–H and O–H groups in total. The van der Waals surface area contributed by atoms with Crippen molar-refractivity contribution < 1.29 is 9.15 Å². The molecule has 2 saturated heterocycles. The third-order valence-corrected chi connectivity index (χ3v) is 7.15. The summed E-state index contributed by atoms with van der Waals surface area (Å²) in [7, 11) is 1.84. The molecular weight excluding hydrogens is 537 g/mol. The van der Waals surface area contributed by atoms with Gasteiger partial charge in [0.05, 0.1) is 25.3 Å². The number of morpholine rings is 1. The van der Waals surface area contributed by atoms with E-state index >= 15 is 0 Å². The van der Waals surface area contributed by atoms with E-state index in [0.717, 1.165) is 56.9 Å². The number of halogens is 1. The molecule has 9 heteroatoms. The Morgan fingerprint density at radius 3 is 2.31 bits per heavy atom. The fourth-order valence-electron chi connectivity index (χ4n) is 4.48. The number of aryl methyl sites for hydroxylation is 1. The van der Waals surface area contributed by atoms with Crippen molar-refractivity contribution in [2.75, 3.05) is 59.5 Å². The minimum atomic E-state index is 0. The number of ether oxygens (including phenoxy) is 1. The molecule has 7 nitrogen and oxygen atoms in total. The van der Waals surface area contributed by atoms with Crippen molar-refractivity contribution in [3.63, 3.8) is 0 Å². The molecule has 2 aliphatic heterocycles. The van der Waals surface area contributed by atoms with Gasteiger partial charge in [0.1, 0.15) is 11.5 Å². The van der Waals surface area contributed by atoms with Gasteiger partial charge in [0, 0.05) is 38.1 Å². The maximum Gasteiger partial charge on any atom is 0.191 e. The number of likely N-dealkylation sites (tertiary alicyclic amines) is 1. The number of nitrogens with zero attached hydrogens (tertiary/aromatic N) is 3. The molecule has 0 saturated carbocycles. The first kappa shape index (κ1) is 25.5. The lowest BCUT2D eigenvalue weighted by atomic mass is 10.1. The van der Waals surface area contributed by atoms with Crippen LogP contribution in [-0.2, 0) is 4.74 Å². The fourth-order valence-corrected chi connectivity index (χ4v) is 5.34. The lowest BCUT2D eigenvalue weighted by Crippen LogP contribution is -2.47. The average Bonchev–Trinajstić information content (AvgIpc) is 3.57. The van der Waals surface area contributed by atoms with Crippen molar-refractivity contribution in [1.29, 1.82) is 0 Å². The summed E-state index contributed by atoms with van der Waals surface area (Å²) >= 11 is 1.84. The van der Waals surface area contributed by atoms with Crippen LogP contribution in [0, 0.1) is 6.92 Å². The first-order valence-corrected chi connectivity index (χ1v) is 12.2. The van der Waals surface area contributed by atoms with Gasteiger partial charge in [-0.25, -0.2) is 0 Å².